The molecule has 1 fully saturated rings. The van der Waals surface area contributed by atoms with E-state index < -0.39 is 0 Å². The maximum Gasteiger partial charge on any atom is 0.137 e. The molecule has 4 nitrogen and oxygen atoms in total. The Bertz CT molecular complexity index is 805. The van der Waals surface area contributed by atoms with Gasteiger partial charge in [0.05, 0.1) is 0 Å². The maximum atomic E-state index is 13.0. The lowest BCUT2D eigenvalue weighted by atomic mass is 10.2. The Kier molecular flexibility index (Phi) is 4.48. The Hall–Kier alpha value is -2.66. The van der Waals surface area contributed by atoms with Crippen molar-refractivity contribution in [3.05, 3.63) is 72.3 Å². The zero-order chi connectivity index (χ0) is 17.1. The molecular weight excluding hydrogens is 315 g/mol. The van der Waals surface area contributed by atoms with Crippen molar-refractivity contribution in [1.82, 2.24) is 14.9 Å². The summed E-state index contributed by atoms with van der Waals surface area (Å²) in [5.41, 5.74) is 3.29. The number of imidazole rings is 1. The molecule has 25 heavy (non-hydrogen) atoms. The van der Waals surface area contributed by atoms with Crippen LogP contribution in [0.25, 0.3) is 11.4 Å². The molecule has 0 unspecified atom stereocenters. The number of aromatic nitrogens is 2. The summed E-state index contributed by atoms with van der Waals surface area (Å²) in [5, 5.41) is 0. The van der Waals surface area contributed by atoms with Crippen molar-refractivity contribution in [1.29, 1.82) is 0 Å². The van der Waals surface area contributed by atoms with E-state index in [1.54, 1.807) is 12.1 Å². The Morgan fingerprint density at radius 2 is 1.64 bits per heavy atom. The van der Waals surface area contributed by atoms with Crippen LogP contribution in [-0.2, 0) is 6.54 Å². The molecule has 2 heterocycles. The Morgan fingerprint density at radius 3 is 2.36 bits per heavy atom. The summed E-state index contributed by atoms with van der Waals surface area (Å²) in [4.78, 5) is 12.6. The summed E-state index contributed by atoms with van der Waals surface area (Å²) < 4.78 is 13.0. The van der Waals surface area contributed by atoms with Crippen LogP contribution in [0.1, 0.15) is 5.69 Å². The number of rotatable bonds is 4. The lowest BCUT2D eigenvalue weighted by Crippen LogP contribution is -2.46. The highest BCUT2D eigenvalue weighted by atomic mass is 19.1. The molecule has 5 heteroatoms. The molecule has 3 aromatic rings. The third kappa shape index (κ3) is 3.72. The Balaban J connectivity index is 1.35. The monoisotopic (exact) mass is 336 g/mol. The van der Waals surface area contributed by atoms with Gasteiger partial charge in [0.1, 0.15) is 11.6 Å². The van der Waals surface area contributed by atoms with E-state index in [1.807, 2.05) is 6.20 Å². The Morgan fingerprint density at radius 1 is 0.920 bits per heavy atom. The van der Waals surface area contributed by atoms with Crippen molar-refractivity contribution in [3.8, 4) is 11.4 Å². The summed E-state index contributed by atoms with van der Waals surface area (Å²) in [6.45, 7) is 4.97. The summed E-state index contributed by atoms with van der Waals surface area (Å²) >= 11 is 0. The molecule has 1 aromatic heterocycles. The second-order valence-corrected chi connectivity index (χ2v) is 6.36. The van der Waals surface area contributed by atoms with Crippen LogP contribution in [-0.4, -0.2) is 41.0 Å². The number of benzene rings is 2. The standard InChI is InChI=1S/C20H21FN4/c21-17-8-6-16(7-9-17)20-22-14-18(23-20)15-24-10-12-25(13-11-24)19-4-2-1-3-5-19/h1-9,14H,10-13,15H2,(H,22,23). The summed E-state index contributed by atoms with van der Waals surface area (Å²) in [6.07, 6.45) is 1.88. The van der Waals surface area contributed by atoms with Crippen LogP contribution < -0.4 is 4.90 Å². The van der Waals surface area contributed by atoms with Gasteiger partial charge in [0.15, 0.2) is 0 Å². The smallest absolute Gasteiger partial charge is 0.137 e. The number of nitrogens with one attached hydrogen (secondary N) is 1. The zero-order valence-corrected chi connectivity index (χ0v) is 14.0. The Labute approximate surface area is 146 Å². The maximum absolute atomic E-state index is 13.0. The van der Waals surface area contributed by atoms with Gasteiger partial charge in [-0.25, -0.2) is 9.37 Å². The number of para-hydroxylation sites is 1. The minimum Gasteiger partial charge on any atom is -0.369 e. The SMILES string of the molecule is Fc1ccc(-c2ncc(CN3CCN(c4ccccc4)CC3)[nH]2)cc1. The van der Waals surface area contributed by atoms with Crippen molar-refractivity contribution < 1.29 is 4.39 Å². The van der Waals surface area contributed by atoms with Gasteiger partial charge in [-0.3, -0.25) is 4.90 Å². The van der Waals surface area contributed by atoms with Crippen LogP contribution in [0.2, 0.25) is 0 Å². The van der Waals surface area contributed by atoms with Crippen molar-refractivity contribution in [2.45, 2.75) is 6.54 Å². The number of H-pyrrole nitrogens is 1. The molecule has 4 rings (SSSR count). The van der Waals surface area contributed by atoms with Crippen molar-refractivity contribution in [2.24, 2.45) is 0 Å². The lowest BCUT2D eigenvalue weighted by Gasteiger charge is -2.35. The molecule has 1 aliphatic heterocycles. The van der Waals surface area contributed by atoms with E-state index in [2.05, 4.69) is 50.1 Å². The predicted octanol–water partition coefficient (Wildman–Crippen LogP) is 3.54. The van der Waals surface area contributed by atoms with Gasteiger partial charge in [-0.2, -0.15) is 0 Å². The molecule has 0 saturated carbocycles. The highest BCUT2D eigenvalue weighted by Crippen LogP contribution is 2.19. The molecule has 0 atom stereocenters. The fourth-order valence-electron chi connectivity index (χ4n) is 3.24. The average molecular weight is 336 g/mol. The lowest BCUT2D eigenvalue weighted by molar-refractivity contribution is 0.247. The van der Waals surface area contributed by atoms with Crippen molar-refractivity contribution in [3.63, 3.8) is 0 Å². The van der Waals surface area contributed by atoms with E-state index in [1.165, 1.54) is 17.8 Å². The largest absolute Gasteiger partial charge is 0.369 e. The number of hydrogen-bond donors (Lipinski definition) is 1. The van der Waals surface area contributed by atoms with Gasteiger partial charge in [-0.05, 0) is 36.4 Å². The van der Waals surface area contributed by atoms with E-state index >= 15 is 0 Å². The first kappa shape index (κ1) is 15.8. The van der Waals surface area contributed by atoms with Gasteiger partial charge in [-0.1, -0.05) is 18.2 Å². The number of piperazine rings is 1. The molecule has 1 aliphatic rings. The summed E-state index contributed by atoms with van der Waals surface area (Å²) in [5.74, 6) is 0.560. The number of aromatic amines is 1. The average Bonchev–Trinajstić information content (AvgIpc) is 3.12. The highest BCUT2D eigenvalue weighted by molar-refractivity contribution is 5.54. The number of nitrogens with zero attached hydrogens (tertiary/aromatic N) is 3. The predicted molar refractivity (Wildman–Crippen MR) is 97.9 cm³/mol. The third-order valence-corrected chi connectivity index (χ3v) is 4.63. The van der Waals surface area contributed by atoms with Crippen LogP contribution >= 0.6 is 0 Å². The highest BCUT2D eigenvalue weighted by Gasteiger charge is 2.18. The van der Waals surface area contributed by atoms with Crippen molar-refractivity contribution >= 4 is 5.69 Å². The molecule has 2 aromatic carbocycles. The molecular formula is C20H21FN4. The minimum absolute atomic E-state index is 0.230. The van der Waals surface area contributed by atoms with Gasteiger partial charge in [0.2, 0.25) is 0 Å². The quantitative estimate of drug-likeness (QED) is 0.791. The second-order valence-electron chi connectivity index (χ2n) is 6.36. The first-order valence-electron chi connectivity index (χ1n) is 8.60. The van der Waals surface area contributed by atoms with Crippen LogP contribution in [0.15, 0.2) is 60.8 Å². The summed E-state index contributed by atoms with van der Waals surface area (Å²) in [6, 6.07) is 17.0. The first-order chi connectivity index (χ1) is 12.3. The van der Waals surface area contributed by atoms with E-state index in [9.17, 15) is 4.39 Å². The van der Waals surface area contributed by atoms with E-state index in [0.29, 0.717) is 0 Å². The van der Waals surface area contributed by atoms with Crippen LogP contribution in [0.4, 0.5) is 10.1 Å². The van der Waals surface area contributed by atoms with Gasteiger partial charge in [0.25, 0.3) is 0 Å². The first-order valence-corrected chi connectivity index (χ1v) is 8.60. The zero-order valence-electron chi connectivity index (χ0n) is 14.0. The number of halogens is 1. The molecule has 1 N–H and O–H groups in total. The molecule has 1 saturated heterocycles. The van der Waals surface area contributed by atoms with Crippen LogP contribution in [0, 0.1) is 5.82 Å². The van der Waals surface area contributed by atoms with E-state index in [-0.39, 0.29) is 5.82 Å². The molecule has 128 valence electrons. The van der Waals surface area contributed by atoms with Crippen molar-refractivity contribution in [2.75, 3.05) is 31.1 Å². The van der Waals surface area contributed by atoms with Gasteiger partial charge in [-0.15, -0.1) is 0 Å². The fraction of sp³-hybridized carbons (Fsp3) is 0.250. The topological polar surface area (TPSA) is 35.2 Å². The van der Waals surface area contributed by atoms with Crippen LogP contribution in [0.3, 0.4) is 0 Å². The van der Waals surface area contributed by atoms with Gasteiger partial charge < -0.3 is 9.88 Å². The molecule has 0 bridgehead atoms. The summed E-state index contributed by atoms with van der Waals surface area (Å²) in [7, 11) is 0. The van der Waals surface area contributed by atoms with E-state index in [4.69, 9.17) is 0 Å². The molecule has 0 radical (unpaired) electrons. The molecule has 0 aliphatic carbocycles. The third-order valence-electron chi connectivity index (χ3n) is 4.63. The molecule has 0 amide bonds. The second kappa shape index (κ2) is 7.07. The number of anilines is 1. The van der Waals surface area contributed by atoms with E-state index in [0.717, 1.165) is 49.8 Å². The fourth-order valence-corrected chi connectivity index (χ4v) is 3.24. The van der Waals surface area contributed by atoms with Gasteiger partial charge in [0, 0.05) is 55.9 Å². The normalized spacial score (nSPS) is 15.5. The van der Waals surface area contributed by atoms with Gasteiger partial charge >= 0.3 is 0 Å². The molecule has 0 spiro atoms. The number of hydrogen-bond acceptors (Lipinski definition) is 3. The minimum atomic E-state index is -0.230. The van der Waals surface area contributed by atoms with Crippen LogP contribution in [0.5, 0.6) is 0 Å².